The molecule has 1 aliphatic rings. The Balaban J connectivity index is 1.96. The molecule has 1 heterocycles. The fourth-order valence-corrected chi connectivity index (χ4v) is 3.11. The lowest BCUT2D eigenvalue weighted by molar-refractivity contribution is -0.121. The molecule has 0 radical (unpaired) electrons. The van der Waals surface area contributed by atoms with Crippen molar-refractivity contribution in [2.24, 2.45) is 0 Å². The van der Waals surface area contributed by atoms with Crippen LogP contribution in [0.4, 0.5) is 10.5 Å². The molecule has 2 aromatic rings. The van der Waals surface area contributed by atoms with E-state index in [2.05, 4.69) is 5.32 Å². The quantitative estimate of drug-likeness (QED) is 0.904. The standard InChI is InChI=1S/C18H17ClN2O3/c1-24-18(23)21-11-10-12-6-2-3-7-13(12)16(21)17(22)20-15-9-5-4-8-14(15)19/h2-9,16H,10-11H2,1H3,(H,20,22)/t16-/m1/s1. The molecule has 2 aromatic carbocycles. The molecule has 0 saturated heterocycles. The predicted octanol–water partition coefficient (Wildman–Crippen LogP) is 3.64. The summed E-state index contributed by atoms with van der Waals surface area (Å²) in [6, 6.07) is 13.9. The first-order valence-corrected chi connectivity index (χ1v) is 7.97. The van der Waals surface area contributed by atoms with Gasteiger partial charge >= 0.3 is 6.09 Å². The largest absolute Gasteiger partial charge is 0.453 e. The van der Waals surface area contributed by atoms with Gasteiger partial charge in [-0.1, -0.05) is 48.0 Å². The lowest BCUT2D eigenvalue weighted by Crippen LogP contribution is -2.45. The SMILES string of the molecule is COC(=O)N1CCc2ccccc2[C@@H]1C(=O)Nc1ccccc1Cl. The van der Waals surface area contributed by atoms with Crippen molar-refractivity contribution in [2.45, 2.75) is 12.5 Å². The molecule has 1 atom stereocenters. The van der Waals surface area contributed by atoms with Crippen LogP contribution in [0.25, 0.3) is 0 Å². The van der Waals surface area contributed by atoms with Crippen LogP contribution < -0.4 is 5.32 Å². The van der Waals surface area contributed by atoms with Crippen molar-refractivity contribution in [3.63, 3.8) is 0 Å². The fraction of sp³-hybridized carbons (Fsp3) is 0.222. The first-order chi connectivity index (χ1) is 11.6. The number of anilines is 1. The van der Waals surface area contributed by atoms with Crippen LogP contribution in [0.2, 0.25) is 5.02 Å². The van der Waals surface area contributed by atoms with E-state index in [4.69, 9.17) is 16.3 Å². The molecular formula is C18H17ClN2O3. The highest BCUT2D eigenvalue weighted by Gasteiger charge is 2.36. The van der Waals surface area contributed by atoms with Crippen LogP contribution in [0.1, 0.15) is 17.2 Å². The molecule has 0 fully saturated rings. The number of benzene rings is 2. The normalized spacial score (nSPS) is 16.2. The molecule has 0 spiro atoms. The van der Waals surface area contributed by atoms with Crippen LogP contribution >= 0.6 is 11.6 Å². The third kappa shape index (κ3) is 3.08. The van der Waals surface area contributed by atoms with Gasteiger partial charge in [0.1, 0.15) is 6.04 Å². The minimum atomic E-state index is -0.751. The number of methoxy groups -OCH3 is 1. The minimum absolute atomic E-state index is 0.319. The molecule has 0 aromatic heterocycles. The Morgan fingerprint density at radius 2 is 1.88 bits per heavy atom. The summed E-state index contributed by atoms with van der Waals surface area (Å²) in [5.74, 6) is -0.319. The van der Waals surface area contributed by atoms with Crippen molar-refractivity contribution in [3.05, 3.63) is 64.7 Å². The number of ether oxygens (including phenoxy) is 1. The Hall–Kier alpha value is -2.53. The summed E-state index contributed by atoms with van der Waals surface area (Å²) in [4.78, 5) is 26.4. The maximum atomic E-state index is 12.9. The van der Waals surface area contributed by atoms with Gasteiger partial charge in [-0.25, -0.2) is 4.79 Å². The zero-order valence-corrected chi connectivity index (χ0v) is 13.9. The highest BCUT2D eigenvalue weighted by molar-refractivity contribution is 6.33. The number of amides is 2. The molecule has 0 unspecified atom stereocenters. The molecule has 124 valence electrons. The second-order valence-corrected chi connectivity index (χ2v) is 5.89. The third-order valence-corrected chi connectivity index (χ3v) is 4.40. The summed E-state index contributed by atoms with van der Waals surface area (Å²) < 4.78 is 4.84. The van der Waals surface area contributed by atoms with E-state index < -0.39 is 12.1 Å². The first kappa shape index (κ1) is 16.3. The van der Waals surface area contributed by atoms with E-state index in [1.165, 1.54) is 12.0 Å². The van der Waals surface area contributed by atoms with Gasteiger partial charge in [-0.05, 0) is 29.7 Å². The average molecular weight is 345 g/mol. The van der Waals surface area contributed by atoms with E-state index in [0.29, 0.717) is 23.7 Å². The zero-order valence-electron chi connectivity index (χ0n) is 13.2. The number of para-hydroxylation sites is 1. The van der Waals surface area contributed by atoms with Crippen molar-refractivity contribution >= 4 is 29.3 Å². The van der Waals surface area contributed by atoms with E-state index in [0.717, 1.165) is 11.1 Å². The Bertz CT molecular complexity index is 778. The van der Waals surface area contributed by atoms with Gasteiger partial charge in [0, 0.05) is 6.54 Å². The summed E-state index contributed by atoms with van der Waals surface area (Å²) in [6.45, 7) is 0.421. The van der Waals surface area contributed by atoms with E-state index >= 15 is 0 Å². The van der Waals surface area contributed by atoms with Gasteiger partial charge in [0.25, 0.3) is 5.91 Å². The van der Waals surface area contributed by atoms with Crippen LogP contribution in [0, 0.1) is 0 Å². The third-order valence-electron chi connectivity index (χ3n) is 4.07. The first-order valence-electron chi connectivity index (χ1n) is 7.59. The number of nitrogens with zero attached hydrogens (tertiary/aromatic N) is 1. The molecule has 3 rings (SSSR count). The molecule has 0 aliphatic carbocycles. The number of rotatable bonds is 2. The van der Waals surface area contributed by atoms with Gasteiger partial charge < -0.3 is 10.1 Å². The molecule has 0 saturated carbocycles. The molecule has 1 N–H and O–H groups in total. The Labute approximate surface area is 145 Å². The number of fused-ring (bicyclic) bond motifs is 1. The van der Waals surface area contributed by atoms with Gasteiger partial charge in [0.2, 0.25) is 0 Å². The molecule has 2 amide bonds. The van der Waals surface area contributed by atoms with Crippen molar-refractivity contribution in [1.82, 2.24) is 4.90 Å². The number of nitrogens with one attached hydrogen (secondary N) is 1. The number of hydrogen-bond donors (Lipinski definition) is 1. The van der Waals surface area contributed by atoms with Crippen molar-refractivity contribution in [2.75, 3.05) is 19.0 Å². The molecule has 24 heavy (non-hydrogen) atoms. The smallest absolute Gasteiger partial charge is 0.410 e. The molecule has 1 aliphatic heterocycles. The van der Waals surface area contributed by atoms with Crippen molar-refractivity contribution in [3.8, 4) is 0 Å². The second-order valence-electron chi connectivity index (χ2n) is 5.48. The molecule has 5 nitrogen and oxygen atoms in total. The number of carbonyl (C=O) groups excluding carboxylic acids is 2. The highest BCUT2D eigenvalue weighted by Crippen LogP contribution is 2.32. The molecular weight excluding hydrogens is 328 g/mol. The Kier molecular flexibility index (Phi) is 4.71. The van der Waals surface area contributed by atoms with Gasteiger partial charge in [0.05, 0.1) is 17.8 Å². The topological polar surface area (TPSA) is 58.6 Å². The maximum Gasteiger partial charge on any atom is 0.410 e. The van der Waals surface area contributed by atoms with Crippen molar-refractivity contribution < 1.29 is 14.3 Å². The van der Waals surface area contributed by atoms with Crippen molar-refractivity contribution in [1.29, 1.82) is 0 Å². The second kappa shape index (κ2) is 6.93. The van der Waals surface area contributed by atoms with Crippen LogP contribution in [-0.2, 0) is 16.0 Å². The van der Waals surface area contributed by atoms with Gasteiger partial charge in [-0.15, -0.1) is 0 Å². The predicted molar refractivity (Wildman–Crippen MR) is 92.1 cm³/mol. The maximum absolute atomic E-state index is 12.9. The van der Waals surface area contributed by atoms with Gasteiger partial charge in [-0.2, -0.15) is 0 Å². The molecule has 0 bridgehead atoms. The zero-order chi connectivity index (χ0) is 17.1. The lowest BCUT2D eigenvalue weighted by atomic mass is 9.92. The average Bonchev–Trinajstić information content (AvgIpc) is 2.61. The summed E-state index contributed by atoms with van der Waals surface area (Å²) in [5, 5.41) is 3.25. The van der Waals surface area contributed by atoms with E-state index in [-0.39, 0.29) is 5.91 Å². The number of halogens is 1. The Morgan fingerprint density at radius 1 is 1.17 bits per heavy atom. The fourth-order valence-electron chi connectivity index (χ4n) is 2.93. The minimum Gasteiger partial charge on any atom is -0.453 e. The monoisotopic (exact) mass is 344 g/mol. The van der Waals surface area contributed by atoms with Gasteiger partial charge in [0.15, 0.2) is 0 Å². The van der Waals surface area contributed by atoms with Crippen LogP contribution in [0.3, 0.4) is 0 Å². The van der Waals surface area contributed by atoms with Gasteiger partial charge in [-0.3, -0.25) is 9.69 Å². The highest BCUT2D eigenvalue weighted by atomic mass is 35.5. The summed E-state index contributed by atoms with van der Waals surface area (Å²) in [6.07, 6.45) is 0.157. The van der Waals surface area contributed by atoms with E-state index in [1.807, 2.05) is 24.3 Å². The Morgan fingerprint density at radius 3 is 2.62 bits per heavy atom. The van der Waals surface area contributed by atoms with E-state index in [1.54, 1.807) is 24.3 Å². The molecule has 6 heteroatoms. The lowest BCUT2D eigenvalue weighted by Gasteiger charge is -2.35. The number of hydrogen-bond acceptors (Lipinski definition) is 3. The summed E-state index contributed by atoms with van der Waals surface area (Å²) in [7, 11) is 1.31. The summed E-state index contributed by atoms with van der Waals surface area (Å²) in [5.41, 5.74) is 2.37. The summed E-state index contributed by atoms with van der Waals surface area (Å²) >= 11 is 6.11. The van der Waals surface area contributed by atoms with Crippen LogP contribution in [-0.4, -0.2) is 30.6 Å². The number of carbonyl (C=O) groups is 2. The van der Waals surface area contributed by atoms with Crippen LogP contribution in [0.15, 0.2) is 48.5 Å². The van der Waals surface area contributed by atoms with Crippen LogP contribution in [0.5, 0.6) is 0 Å². The van der Waals surface area contributed by atoms with E-state index in [9.17, 15) is 9.59 Å².